The van der Waals surface area contributed by atoms with Gasteiger partial charge in [-0.05, 0) is 43.6 Å². The fraction of sp³-hybridized carbons (Fsp3) is 0.538. The van der Waals surface area contributed by atoms with E-state index in [2.05, 4.69) is 34.5 Å². The lowest BCUT2D eigenvalue weighted by Crippen LogP contribution is -2.18. The molecule has 0 saturated carbocycles. The van der Waals surface area contributed by atoms with Crippen LogP contribution in [0.25, 0.3) is 0 Å². The van der Waals surface area contributed by atoms with E-state index in [4.69, 9.17) is 5.73 Å². The maximum absolute atomic E-state index is 5.45. The van der Waals surface area contributed by atoms with Crippen LogP contribution in [0.5, 0.6) is 0 Å². The molecule has 1 aliphatic rings. The van der Waals surface area contributed by atoms with Gasteiger partial charge in [0.2, 0.25) is 0 Å². The summed E-state index contributed by atoms with van der Waals surface area (Å²) >= 11 is 0. The number of rotatable bonds is 5. The van der Waals surface area contributed by atoms with E-state index >= 15 is 0 Å². The molecule has 0 aliphatic carbocycles. The number of nitrogens with one attached hydrogen (secondary N) is 1. The van der Waals surface area contributed by atoms with Gasteiger partial charge in [0, 0.05) is 25.3 Å². The van der Waals surface area contributed by atoms with Gasteiger partial charge in [0.25, 0.3) is 0 Å². The largest absolute Gasteiger partial charge is 0.384 e. The van der Waals surface area contributed by atoms with Crippen molar-refractivity contribution in [3.8, 4) is 0 Å². The molecule has 0 spiro atoms. The molecule has 1 aliphatic heterocycles. The Morgan fingerprint density at radius 2 is 1.81 bits per heavy atom. The third kappa shape index (κ3) is 3.22. The Morgan fingerprint density at radius 3 is 2.44 bits per heavy atom. The molecule has 0 atom stereocenters. The molecule has 88 valence electrons. The van der Waals surface area contributed by atoms with E-state index < -0.39 is 0 Å². The number of likely N-dealkylation sites (tertiary alicyclic amines) is 1. The van der Waals surface area contributed by atoms with Crippen LogP contribution in [0.15, 0.2) is 24.3 Å². The van der Waals surface area contributed by atoms with Crippen molar-refractivity contribution in [2.24, 2.45) is 5.73 Å². The van der Waals surface area contributed by atoms with E-state index in [9.17, 15) is 0 Å². The molecule has 1 aromatic rings. The minimum absolute atomic E-state index is 0.676. The second-order valence-corrected chi connectivity index (χ2v) is 4.40. The number of hydrogen-bond acceptors (Lipinski definition) is 3. The highest BCUT2D eigenvalue weighted by Crippen LogP contribution is 2.14. The second kappa shape index (κ2) is 5.87. The van der Waals surface area contributed by atoms with E-state index in [1.54, 1.807) is 0 Å². The van der Waals surface area contributed by atoms with E-state index in [1.165, 1.54) is 31.5 Å². The highest BCUT2D eigenvalue weighted by molar-refractivity contribution is 5.44. The third-order valence-electron chi connectivity index (χ3n) is 3.03. The zero-order valence-corrected chi connectivity index (χ0v) is 9.78. The van der Waals surface area contributed by atoms with Crippen molar-refractivity contribution >= 4 is 5.69 Å². The number of hydrogen-bond donors (Lipinski definition) is 2. The smallest absolute Gasteiger partial charge is 0.0340 e. The third-order valence-corrected chi connectivity index (χ3v) is 3.03. The Kier molecular flexibility index (Phi) is 4.19. The summed E-state index contributed by atoms with van der Waals surface area (Å²) in [7, 11) is 0. The van der Waals surface area contributed by atoms with Gasteiger partial charge in [0.05, 0.1) is 0 Å². The molecule has 0 amide bonds. The minimum atomic E-state index is 0.676. The molecule has 1 heterocycles. The summed E-state index contributed by atoms with van der Waals surface area (Å²) in [4.78, 5) is 2.52. The van der Waals surface area contributed by atoms with Gasteiger partial charge in [-0.25, -0.2) is 0 Å². The fourth-order valence-corrected chi connectivity index (χ4v) is 2.14. The van der Waals surface area contributed by atoms with Gasteiger partial charge in [0.15, 0.2) is 0 Å². The number of benzene rings is 1. The molecule has 0 unspecified atom stereocenters. The quantitative estimate of drug-likeness (QED) is 0.791. The maximum Gasteiger partial charge on any atom is 0.0340 e. The normalized spacial score (nSPS) is 16.6. The van der Waals surface area contributed by atoms with Gasteiger partial charge < -0.3 is 11.1 Å². The molecule has 3 nitrogen and oxygen atoms in total. The molecule has 1 fully saturated rings. The number of nitrogens with two attached hydrogens (primary N) is 1. The second-order valence-electron chi connectivity index (χ2n) is 4.40. The molecule has 3 N–H and O–H groups in total. The Bertz CT molecular complexity index is 301. The molecule has 1 aromatic carbocycles. The first-order valence-electron chi connectivity index (χ1n) is 6.14. The molecule has 0 bridgehead atoms. The van der Waals surface area contributed by atoms with E-state index in [-0.39, 0.29) is 0 Å². The fourth-order valence-electron chi connectivity index (χ4n) is 2.14. The van der Waals surface area contributed by atoms with Crippen LogP contribution in [0.4, 0.5) is 5.69 Å². The van der Waals surface area contributed by atoms with Crippen LogP contribution in [-0.2, 0) is 6.54 Å². The van der Waals surface area contributed by atoms with E-state index in [0.717, 1.165) is 18.8 Å². The van der Waals surface area contributed by atoms with Crippen molar-refractivity contribution < 1.29 is 0 Å². The van der Waals surface area contributed by atoms with E-state index in [0.29, 0.717) is 6.54 Å². The predicted octanol–water partition coefficient (Wildman–Crippen LogP) is 1.65. The minimum Gasteiger partial charge on any atom is -0.384 e. The molecule has 0 aromatic heterocycles. The molecular weight excluding hydrogens is 198 g/mol. The van der Waals surface area contributed by atoms with Crippen LogP contribution in [0.1, 0.15) is 18.4 Å². The van der Waals surface area contributed by atoms with Gasteiger partial charge in [-0.3, -0.25) is 4.90 Å². The molecule has 0 radical (unpaired) electrons. The van der Waals surface area contributed by atoms with Gasteiger partial charge >= 0.3 is 0 Å². The summed E-state index contributed by atoms with van der Waals surface area (Å²) in [5, 5.41) is 3.28. The summed E-state index contributed by atoms with van der Waals surface area (Å²) in [5.41, 5.74) is 8.01. The summed E-state index contributed by atoms with van der Waals surface area (Å²) in [6.07, 6.45) is 2.71. The average molecular weight is 219 g/mol. The Morgan fingerprint density at radius 1 is 1.12 bits per heavy atom. The molecule has 1 saturated heterocycles. The molecule has 16 heavy (non-hydrogen) atoms. The maximum atomic E-state index is 5.45. The predicted molar refractivity (Wildman–Crippen MR) is 68.5 cm³/mol. The zero-order chi connectivity index (χ0) is 11.2. The van der Waals surface area contributed by atoms with Crippen LogP contribution in [0.3, 0.4) is 0 Å². The van der Waals surface area contributed by atoms with Crippen molar-refractivity contribution in [2.45, 2.75) is 19.4 Å². The van der Waals surface area contributed by atoms with Crippen LogP contribution in [-0.4, -0.2) is 31.1 Å². The Labute approximate surface area is 97.6 Å². The first kappa shape index (κ1) is 11.4. The van der Waals surface area contributed by atoms with Crippen LogP contribution >= 0.6 is 0 Å². The Balaban J connectivity index is 1.86. The summed E-state index contributed by atoms with van der Waals surface area (Å²) < 4.78 is 0. The highest BCUT2D eigenvalue weighted by Gasteiger charge is 2.11. The molecule has 2 rings (SSSR count). The topological polar surface area (TPSA) is 41.3 Å². The number of nitrogens with zero attached hydrogens (tertiary/aromatic N) is 1. The number of anilines is 1. The van der Waals surface area contributed by atoms with Crippen molar-refractivity contribution in [1.82, 2.24) is 4.90 Å². The van der Waals surface area contributed by atoms with Crippen molar-refractivity contribution in [2.75, 3.05) is 31.5 Å². The van der Waals surface area contributed by atoms with E-state index in [1.807, 2.05) is 0 Å². The Hall–Kier alpha value is -1.06. The molecular formula is C13H21N3. The van der Waals surface area contributed by atoms with Gasteiger partial charge in [-0.2, -0.15) is 0 Å². The zero-order valence-electron chi connectivity index (χ0n) is 9.78. The summed E-state index contributed by atoms with van der Waals surface area (Å²) in [5.74, 6) is 0. The first-order valence-corrected chi connectivity index (χ1v) is 6.14. The SMILES string of the molecule is NCCNc1ccc(CN2CCCC2)cc1. The van der Waals surface area contributed by atoms with Crippen LogP contribution in [0.2, 0.25) is 0 Å². The lowest BCUT2D eigenvalue weighted by atomic mass is 10.2. The monoisotopic (exact) mass is 219 g/mol. The van der Waals surface area contributed by atoms with Crippen molar-refractivity contribution in [3.63, 3.8) is 0 Å². The summed E-state index contributed by atoms with van der Waals surface area (Å²) in [6, 6.07) is 8.69. The highest BCUT2D eigenvalue weighted by atomic mass is 15.1. The average Bonchev–Trinajstić information content (AvgIpc) is 2.81. The van der Waals surface area contributed by atoms with Gasteiger partial charge in [0.1, 0.15) is 0 Å². The van der Waals surface area contributed by atoms with Crippen LogP contribution in [0, 0.1) is 0 Å². The lowest BCUT2D eigenvalue weighted by molar-refractivity contribution is 0.331. The summed E-state index contributed by atoms with van der Waals surface area (Å²) in [6.45, 7) is 5.12. The van der Waals surface area contributed by atoms with Crippen LogP contribution < -0.4 is 11.1 Å². The van der Waals surface area contributed by atoms with Crippen molar-refractivity contribution in [3.05, 3.63) is 29.8 Å². The van der Waals surface area contributed by atoms with Gasteiger partial charge in [-0.15, -0.1) is 0 Å². The first-order chi connectivity index (χ1) is 7.88. The standard InChI is InChI=1S/C13H21N3/c14-7-8-15-13-5-3-12(4-6-13)11-16-9-1-2-10-16/h3-6,15H,1-2,7-11,14H2. The van der Waals surface area contributed by atoms with Crippen molar-refractivity contribution in [1.29, 1.82) is 0 Å². The lowest BCUT2D eigenvalue weighted by Gasteiger charge is -2.14. The molecule has 3 heteroatoms. The van der Waals surface area contributed by atoms with Gasteiger partial charge in [-0.1, -0.05) is 12.1 Å².